The number of carboxylic acids is 1. The van der Waals surface area contributed by atoms with Gasteiger partial charge in [-0.25, -0.2) is 23.4 Å². The molecule has 0 bridgehead atoms. The molecular formula is C27H28F2N6O5S. The number of carboxylic acid groups (broad SMARTS) is 1. The van der Waals surface area contributed by atoms with E-state index in [1.54, 1.807) is 26.3 Å². The van der Waals surface area contributed by atoms with Gasteiger partial charge in [-0.2, -0.15) is 0 Å². The van der Waals surface area contributed by atoms with Crippen LogP contribution in [0.5, 0.6) is 0 Å². The van der Waals surface area contributed by atoms with Crippen LogP contribution >= 0.6 is 11.3 Å². The van der Waals surface area contributed by atoms with Gasteiger partial charge in [-0.3, -0.25) is 14.7 Å². The first-order valence-electron chi connectivity index (χ1n) is 13.2. The van der Waals surface area contributed by atoms with Gasteiger partial charge in [-0.1, -0.05) is 6.07 Å². The van der Waals surface area contributed by atoms with E-state index in [9.17, 15) is 28.3 Å². The van der Waals surface area contributed by atoms with Crippen LogP contribution in [0.1, 0.15) is 35.0 Å². The largest absolute Gasteiger partial charge is 0.480 e. The van der Waals surface area contributed by atoms with Gasteiger partial charge in [0.1, 0.15) is 12.1 Å². The van der Waals surface area contributed by atoms with Gasteiger partial charge in [0.2, 0.25) is 0 Å². The monoisotopic (exact) mass is 586 g/mol. The van der Waals surface area contributed by atoms with Crippen molar-refractivity contribution in [2.24, 2.45) is 4.99 Å². The summed E-state index contributed by atoms with van der Waals surface area (Å²) in [6.07, 6.45) is 3.41. The number of halogens is 2. The van der Waals surface area contributed by atoms with Crippen LogP contribution in [0.15, 0.2) is 40.0 Å². The van der Waals surface area contributed by atoms with Gasteiger partial charge in [-0.15, -0.1) is 11.3 Å². The number of nitrogens with zero attached hydrogens (tertiary/aromatic N) is 5. The molecule has 2 aromatic rings. The minimum atomic E-state index is -1.08. The number of aliphatic carboxylic acids is 1. The number of esters is 1. The first-order valence-corrected chi connectivity index (χ1v) is 14.1. The highest BCUT2D eigenvalue weighted by molar-refractivity contribution is 7.11. The number of fused-ring (bicyclic) bond motifs is 1. The van der Waals surface area contributed by atoms with Crippen LogP contribution in [-0.2, 0) is 14.3 Å². The molecule has 1 aliphatic carbocycles. The van der Waals surface area contributed by atoms with Gasteiger partial charge >= 0.3 is 18.0 Å². The number of piperazine rings is 1. The quantitative estimate of drug-likeness (QED) is 0.474. The molecule has 3 aliphatic heterocycles. The fourth-order valence-corrected chi connectivity index (χ4v) is 6.52. The number of benzene rings is 1. The molecule has 6 rings (SSSR count). The van der Waals surface area contributed by atoms with Crippen LogP contribution in [0.4, 0.5) is 13.6 Å². The molecule has 216 valence electrons. The Morgan fingerprint density at radius 3 is 2.66 bits per heavy atom. The summed E-state index contributed by atoms with van der Waals surface area (Å²) in [5, 5.41) is 15.7. The summed E-state index contributed by atoms with van der Waals surface area (Å²) in [5.41, 5.74) is 0.616. The Labute approximate surface area is 238 Å². The average Bonchev–Trinajstić information content (AvgIpc) is 3.53. The van der Waals surface area contributed by atoms with E-state index in [0.717, 1.165) is 18.9 Å². The van der Waals surface area contributed by atoms with Gasteiger partial charge < -0.3 is 25.0 Å². The molecule has 2 amide bonds. The molecule has 4 heterocycles. The minimum absolute atomic E-state index is 0.0124. The van der Waals surface area contributed by atoms with Crippen molar-refractivity contribution in [1.29, 1.82) is 0 Å². The number of thiazole rings is 1. The Morgan fingerprint density at radius 2 is 2.00 bits per heavy atom. The number of hydrogen-bond acceptors (Lipinski definition) is 9. The molecule has 0 spiro atoms. The molecule has 4 aliphatic rings. The maximum Gasteiger partial charge on any atom is 0.338 e. The minimum Gasteiger partial charge on any atom is -0.480 e. The van der Waals surface area contributed by atoms with Crippen LogP contribution in [0.25, 0.3) is 0 Å². The number of carbonyl (C=O) groups is 3. The maximum absolute atomic E-state index is 14.7. The topological polar surface area (TPSA) is 128 Å². The fourth-order valence-electron chi connectivity index (χ4n) is 5.94. The zero-order valence-electron chi connectivity index (χ0n) is 22.3. The Kier molecular flexibility index (Phi) is 6.98. The SMILES string of the molecule is COC(=O)C1=C(CN2CCN3C(=O)N(C4CC4)C[C@H]3[C@@H]2C(=O)O)NC(c2nccs2)=N[C@H]1c1ccc(F)c(F)c1C. The Hall–Kier alpha value is -3.91. The summed E-state index contributed by atoms with van der Waals surface area (Å²) < 4.78 is 33.8. The number of amidine groups is 1. The number of rotatable bonds is 7. The van der Waals surface area contributed by atoms with Crippen molar-refractivity contribution in [3.63, 3.8) is 0 Å². The van der Waals surface area contributed by atoms with Gasteiger partial charge in [0.25, 0.3) is 0 Å². The highest BCUT2D eigenvalue weighted by Gasteiger charge is 2.52. The molecule has 2 N–H and O–H groups in total. The molecule has 41 heavy (non-hydrogen) atoms. The normalized spacial score (nSPS) is 24.7. The van der Waals surface area contributed by atoms with E-state index in [0.29, 0.717) is 29.6 Å². The highest BCUT2D eigenvalue weighted by atomic mass is 32.1. The van der Waals surface area contributed by atoms with Crippen LogP contribution in [0, 0.1) is 18.6 Å². The molecule has 3 fully saturated rings. The highest BCUT2D eigenvalue weighted by Crippen LogP contribution is 2.38. The third-order valence-corrected chi connectivity index (χ3v) is 8.89. The van der Waals surface area contributed by atoms with E-state index < -0.39 is 41.7 Å². The first-order chi connectivity index (χ1) is 19.7. The molecular weight excluding hydrogens is 558 g/mol. The number of urea groups is 1. The summed E-state index contributed by atoms with van der Waals surface area (Å²) in [6.45, 7) is 2.28. The molecule has 1 aromatic heterocycles. The van der Waals surface area contributed by atoms with Crippen molar-refractivity contribution in [3.8, 4) is 0 Å². The number of methoxy groups -OCH3 is 1. The van der Waals surface area contributed by atoms with E-state index in [1.807, 2.05) is 0 Å². The zero-order valence-corrected chi connectivity index (χ0v) is 23.2. The van der Waals surface area contributed by atoms with Gasteiger partial charge in [-0.05, 0) is 37.0 Å². The molecule has 3 atom stereocenters. The van der Waals surface area contributed by atoms with Crippen molar-refractivity contribution >= 4 is 35.1 Å². The Balaban J connectivity index is 1.41. The van der Waals surface area contributed by atoms with Crippen molar-refractivity contribution in [2.45, 2.75) is 43.9 Å². The van der Waals surface area contributed by atoms with Gasteiger partial charge in [0, 0.05) is 49.5 Å². The number of aliphatic imine (C=N–C) groups is 1. The molecule has 0 radical (unpaired) electrons. The zero-order chi connectivity index (χ0) is 29.0. The lowest BCUT2D eigenvalue weighted by molar-refractivity contribution is -0.147. The lowest BCUT2D eigenvalue weighted by atomic mass is 9.91. The van der Waals surface area contributed by atoms with Crippen molar-refractivity contribution in [2.75, 3.05) is 33.3 Å². The van der Waals surface area contributed by atoms with E-state index in [4.69, 9.17) is 4.74 Å². The number of ether oxygens (including phenoxy) is 1. The lowest BCUT2D eigenvalue weighted by Crippen LogP contribution is -2.62. The van der Waals surface area contributed by atoms with E-state index in [2.05, 4.69) is 15.3 Å². The van der Waals surface area contributed by atoms with Crippen LogP contribution in [-0.4, -0.2) is 100 Å². The molecule has 14 heteroatoms. The standard InChI is InChI=1S/C27H28F2N6O5S/c1-13-15(5-6-16(28)20(13)29)21-19(26(38)40-2)17(31-23(32-21)24-30-7-10-41-24)11-33-8-9-34-18(22(33)25(36)37)12-35(27(34)39)14-3-4-14/h5-7,10,14,18,21-22H,3-4,8-9,11-12H2,1-2H3,(H,31,32)(H,36,37)/t18-,21-,22+/m0/s1. The van der Waals surface area contributed by atoms with Crippen LogP contribution < -0.4 is 5.32 Å². The summed E-state index contributed by atoms with van der Waals surface area (Å²) >= 11 is 1.29. The summed E-state index contributed by atoms with van der Waals surface area (Å²) in [5.74, 6) is -3.60. The first kappa shape index (κ1) is 27.3. The number of aromatic nitrogens is 1. The van der Waals surface area contributed by atoms with Crippen LogP contribution in [0.3, 0.4) is 0 Å². The van der Waals surface area contributed by atoms with E-state index in [-0.39, 0.29) is 41.9 Å². The van der Waals surface area contributed by atoms with Crippen LogP contribution in [0.2, 0.25) is 0 Å². The number of hydrogen-bond donors (Lipinski definition) is 2. The van der Waals surface area contributed by atoms with E-state index in [1.165, 1.54) is 31.4 Å². The van der Waals surface area contributed by atoms with Gasteiger partial charge in [0.05, 0.1) is 18.7 Å². The second-order valence-corrected chi connectivity index (χ2v) is 11.4. The molecule has 2 saturated heterocycles. The lowest BCUT2D eigenvalue weighted by Gasteiger charge is -2.42. The number of nitrogens with one attached hydrogen (secondary N) is 1. The summed E-state index contributed by atoms with van der Waals surface area (Å²) in [4.78, 5) is 53.0. The summed E-state index contributed by atoms with van der Waals surface area (Å²) in [6, 6.07) is -0.289. The average molecular weight is 587 g/mol. The van der Waals surface area contributed by atoms with Crippen molar-refractivity contribution in [3.05, 3.63) is 62.7 Å². The number of carbonyl (C=O) groups excluding carboxylic acids is 2. The molecule has 1 aromatic carbocycles. The predicted octanol–water partition coefficient (Wildman–Crippen LogP) is 2.29. The smallest absolute Gasteiger partial charge is 0.338 e. The number of amides is 2. The van der Waals surface area contributed by atoms with Gasteiger partial charge in [0.15, 0.2) is 22.5 Å². The third kappa shape index (κ3) is 4.74. The second kappa shape index (κ2) is 10.5. The third-order valence-electron chi connectivity index (χ3n) is 8.11. The van der Waals surface area contributed by atoms with Crippen molar-refractivity contribution < 1.29 is 33.0 Å². The molecule has 1 saturated carbocycles. The predicted molar refractivity (Wildman–Crippen MR) is 143 cm³/mol. The van der Waals surface area contributed by atoms with E-state index >= 15 is 0 Å². The summed E-state index contributed by atoms with van der Waals surface area (Å²) in [7, 11) is 1.21. The Morgan fingerprint density at radius 1 is 1.22 bits per heavy atom. The maximum atomic E-state index is 14.7. The second-order valence-electron chi connectivity index (χ2n) is 10.5. The molecule has 0 unspecified atom stereocenters. The molecule has 11 nitrogen and oxygen atoms in total. The fraction of sp³-hybridized carbons (Fsp3) is 0.444. The Bertz CT molecular complexity index is 1480. The van der Waals surface area contributed by atoms with Crippen molar-refractivity contribution in [1.82, 2.24) is 25.0 Å².